The summed E-state index contributed by atoms with van der Waals surface area (Å²) in [7, 11) is -3.90. The number of carbonyl (C=O) groups excluding carboxylic acids is 1. The number of nitrogens with one attached hydrogen (secondary N) is 2. The van der Waals surface area contributed by atoms with Crippen molar-refractivity contribution in [3.63, 3.8) is 0 Å². The Morgan fingerprint density at radius 3 is 1.75 bits per heavy atom. The molecule has 4 aromatic rings. The fraction of sp³-hybridized carbons (Fsp3) is 0.424. The molecule has 1 saturated heterocycles. The number of benzene rings is 2. The zero-order valence-corrected chi connectivity index (χ0v) is 27.7. The van der Waals surface area contributed by atoms with Crippen molar-refractivity contribution in [1.82, 2.24) is 30.2 Å². The predicted molar refractivity (Wildman–Crippen MR) is 170 cm³/mol. The molecule has 5 heterocycles. The van der Waals surface area contributed by atoms with Crippen LogP contribution in [0.25, 0.3) is 0 Å². The van der Waals surface area contributed by atoms with Crippen LogP contribution in [0.4, 0.5) is 26.3 Å². The molecule has 4 aliphatic rings. The number of hydrogen-bond acceptors (Lipinski definition) is 9. The molecule has 2 aromatic carbocycles. The first-order valence-corrected chi connectivity index (χ1v) is 18.0. The molecule has 2 aromatic heterocycles. The molecule has 11 nitrogen and oxygen atoms in total. The molecular weight excluding hydrogens is 702 g/mol. The summed E-state index contributed by atoms with van der Waals surface area (Å²) in [5, 5.41) is 12.2. The lowest BCUT2D eigenvalue weighted by molar-refractivity contribution is -0.124. The maximum Gasteiger partial charge on any atom is 0.163 e. The minimum Gasteiger partial charge on any atom is -0.327 e. The number of carbonyl (C=O) groups is 1. The number of H-pyrrole nitrogens is 2. The number of Topliss-reactive ketones (excluding diaryl/α,β-unsaturated/α-hetero) is 1. The molecule has 6 N–H and O–H groups in total. The van der Waals surface area contributed by atoms with Gasteiger partial charge in [0.2, 0.25) is 0 Å². The highest BCUT2D eigenvalue weighted by Crippen LogP contribution is 2.39. The Balaban J connectivity index is 0.000000159. The zero-order valence-electron chi connectivity index (χ0n) is 26.9. The second-order valence-corrected chi connectivity index (χ2v) is 15.8. The molecule has 1 aliphatic carbocycles. The van der Waals surface area contributed by atoms with E-state index in [-0.39, 0.29) is 42.0 Å². The number of sulfone groups is 1. The van der Waals surface area contributed by atoms with Gasteiger partial charge in [0.25, 0.3) is 0 Å². The average molecular weight is 737 g/mol. The van der Waals surface area contributed by atoms with Gasteiger partial charge >= 0.3 is 0 Å². The Kier molecular flexibility index (Phi) is 9.32. The van der Waals surface area contributed by atoms with Gasteiger partial charge in [-0.05, 0) is 25.0 Å². The third-order valence-corrected chi connectivity index (χ3v) is 12.5. The molecule has 51 heavy (non-hydrogen) atoms. The largest absolute Gasteiger partial charge is 0.327 e. The number of nitrogens with zero attached hydrogens (tertiary/aromatic N) is 4. The molecule has 2 fully saturated rings. The van der Waals surface area contributed by atoms with E-state index in [9.17, 15) is 39.6 Å². The molecule has 0 radical (unpaired) electrons. The Morgan fingerprint density at radius 1 is 0.706 bits per heavy atom. The van der Waals surface area contributed by atoms with Gasteiger partial charge in [-0.25, -0.2) is 34.8 Å². The van der Waals surface area contributed by atoms with E-state index in [0.717, 1.165) is 28.6 Å². The van der Waals surface area contributed by atoms with Gasteiger partial charge in [-0.1, -0.05) is 0 Å². The summed E-state index contributed by atoms with van der Waals surface area (Å²) < 4.78 is 108. The van der Waals surface area contributed by atoms with Crippen molar-refractivity contribution in [3.05, 3.63) is 105 Å². The van der Waals surface area contributed by atoms with Crippen LogP contribution in [0.5, 0.6) is 0 Å². The van der Waals surface area contributed by atoms with Crippen molar-refractivity contribution in [2.75, 3.05) is 5.75 Å². The quantitative estimate of drug-likeness (QED) is 0.182. The minimum atomic E-state index is -3.90. The van der Waals surface area contributed by atoms with E-state index >= 15 is 0 Å². The van der Waals surface area contributed by atoms with E-state index in [4.69, 9.17) is 11.5 Å². The summed E-state index contributed by atoms with van der Waals surface area (Å²) in [5.74, 6) is -8.80. The predicted octanol–water partition coefficient (Wildman–Crippen LogP) is 3.38. The molecule has 0 amide bonds. The fourth-order valence-electron chi connectivity index (χ4n) is 7.92. The van der Waals surface area contributed by atoms with Gasteiger partial charge < -0.3 is 11.5 Å². The number of fused-ring (bicyclic) bond motifs is 2. The van der Waals surface area contributed by atoms with Gasteiger partial charge in [0.15, 0.2) is 33.1 Å². The summed E-state index contributed by atoms with van der Waals surface area (Å²) in [6.45, 7) is 2.39. The summed E-state index contributed by atoms with van der Waals surface area (Å²) in [4.78, 5) is 16.7. The lowest BCUT2D eigenvalue weighted by Crippen LogP contribution is -2.51. The first-order chi connectivity index (χ1) is 24.2. The van der Waals surface area contributed by atoms with E-state index < -0.39 is 73.6 Å². The van der Waals surface area contributed by atoms with Crippen molar-refractivity contribution in [2.24, 2.45) is 11.5 Å². The fourth-order valence-corrected chi connectivity index (χ4v) is 10.2. The third-order valence-electron chi connectivity index (χ3n) is 10.3. The van der Waals surface area contributed by atoms with Gasteiger partial charge in [-0.3, -0.25) is 24.8 Å². The Hall–Kier alpha value is -4.10. The summed E-state index contributed by atoms with van der Waals surface area (Å²) in [5.41, 5.74) is 15.4. The van der Waals surface area contributed by atoms with Crippen molar-refractivity contribution < 1.29 is 39.6 Å². The lowest BCUT2D eigenvalue weighted by Gasteiger charge is -2.38. The molecule has 18 heteroatoms. The van der Waals surface area contributed by atoms with E-state index in [2.05, 4.69) is 25.3 Å². The second-order valence-electron chi connectivity index (χ2n) is 13.6. The molecule has 3 aliphatic heterocycles. The van der Waals surface area contributed by atoms with Crippen molar-refractivity contribution in [1.29, 1.82) is 0 Å². The second kappa shape index (κ2) is 13.5. The Labute approximate surface area is 288 Å². The normalized spacial score (nSPS) is 27.6. The number of aromatic nitrogens is 4. The van der Waals surface area contributed by atoms with Crippen LogP contribution in [0.15, 0.2) is 36.7 Å². The first kappa shape index (κ1) is 35.3. The molecule has 6 atom stereocenters. The van der Waals surface area contributed by atoms with Crippen LogP contribution in [0, 0.1) is 34.9 Å². The van der Waals surface area contributed by atoms with Crippen molar-refractivity contribution in [2.45, 2.75) is 80.8 Å². The maximum atomic E-state index is 14.1. The molecular formula is C33H34F6N8O3S. The number of rotatable bonds is 4. The molecule has 8 rings (SSSR count). The maximum absolute atomic E-state index is 14.1. The number of aromatic amines is 2. The van der Waals surface area contributed by atoms with Gasteiger partial charge in [0, 0.05) is 91.2 Å². The lowest BCUT2D eigenvalue weighted by atomic mass is 9.76. The van der Waals surface area contributed by atoms with E-state index in [1.807, 2.05) is 4.90 Å². The smallest absolute Gasteiger partial charge is 0.163 e. The highest BCUT2D eigenvalue weighted by molar-refractivity contribution is 7.91. The van der Waals surface area contributed by atoms with Crippen LogP contribution in [0.3, 0.4) is 0 Å². The van der Waals surface area contributed by atoms with E-state index in [0.29, 0.717) is 50.8 Å². The van der Waals surface area contributed by atoms with E-state index in [1.165, 1.54) is 0 Å². The van der Waals surface area contributed by atoms with Crippen LogP contribution in [-0.2, 0) is 40.8 Å². The highest BCUT2D eigenvalue weighted by atomic mass is 32.2. The zero-order chi connectivity index (χ0) is 36.4. The number of hydrogen-bond donors (Lipinski definition) is 4. The van der Waals surface area contributed by atoms with Crippen LogP contribution in [0.2, 0.25) is 0 Å². The number of halogens is 6. The van der Waals surface area contributed by atoms with Crippen molar-refractivity contribution in [3.8, 4) is 0 Å². The summed E-state index contributed by atoms with van der Waals surface area (Å²) in [6.07, 6.45) is 4.35. The number of nitrogens with two attached hydrogens (primary N) is 2. The van der Waals surface area contributed by atoms with Crippen LogP contribution >= 0.6 is 0 Å². The standard InChI is InChI=1S/C17H17F3N4O.C16H17F3N4O2S/c18-9-1-11(17(20)12(19)2-9)16-13(21)3-10(4-15(16)25)24-6-8-5-22-23-14(8)7-24;17-9-1-11(15(19)12(18)2-9)16-13(20)3-10(7-26(16,24)25)23-5-8-4-21-22-14(8)6-23/h1-2,5,10,13,16H,3-4,6-7,21H2,(H,22,23);1-2,4,10,13,16H,3,5-7,20H2,(H,21,22)/t2*10-,13+,16?/m11/s1. The van der Waals surface area contributed by atoms with Crippen LogP contribution in [-0.4, -0.2) is 74.3 Å². The minimum absolute atomic E-state index is 0.0824. The molecule has 1 saturated carbocycles. The van der Waals surface area contributed by atoms with Gasteiger partial charge in [-0.2, -0.15) is 10.2 Å². The Bertz CT molecular complexity index is 2050. The molecule has 2 unspecified atom stereocenters. The van der Waals surface area contributed by atoms with E-state index in [1.54, 1.807) is 12.4 Å². The monoisotopic (exact) mass is 736 g/mol. The summed E-state index contributed by atoms with van der Waals surface area (Å²) >= 11 is 0. The van der Waals surface area contributed by atoms with Crippen molar-refractivity contribution >= 4 is 15.6 Å². The summed E-state index contributed by atoms with van der Waals surface area (Å²) in [6, 6.07) is 0.335. The van der Waals surface area contributed by atoms with Crippen LogP contribution < -0.4 is 11.5 Å². The Morgan fingerprint density at radius 2 is 1.22 bits per heavy atom. The van der Waals surface area contributed by atoms with Gasteiger partial charge in [-0.15, -0.1) is 0 Å². The topological polar surface area (TPSA) is 167 Å². The SMILES string of the molecule is N[C@H]1C[C@@H](N2Cc3cn[nH]c3C2)CC(=O)C1c1cc(F)cc(F)c1F.N[C@H]1C[C@@H](N2Cc3cn[nH]c3C2)CS(=O)(=O)C1c1cc(F)cc(F)c1F. The van der Waals surface area contributed by atoms with Gasteiger partial charge in [0.05, 0.1) is 35.5 Å². The molecule has 0 spiro atoms. The molecule has 272 valence electrons. The van der Waals surface area contributed by atoms with Crippen LogP contribution in [0.1, 0.15) is 64.1 Å². The number of ketones is 1. The molecule has 0 bridgehead atoms. The third kappa shape index (κ3) is 6.70. The average Bonchev–Trinajstić information content (AvgIpc) is 3.83. The van der Waals surface area contributed by atoms with Gasteiger partial charge in [0.1, 0.15) is 22.7 Å². The highest BCUT2D eigenvalue weighted by Gasteiger charge is 2.45. The first-order valence-electron chi connectivity index (χ1n) is 16.2.